The van der Waals surface area contributed by atoms with Crippen molar-refractivity contribution in [3.63, 3.8) is 0 Å². The molecular formula is C17H18ClNO2. The number of ether oxygens (including phenoxy) is 2. The van der Waals surface area contributed by atoms with Gasteiger partial charge in [0.25, 0.3) is 0 Å². The maximum atomic E-state index is 6.40. The number of fused-ring (bicyclic) bond motifs is 1. The van der Waals surface area contributed by atoms with Gasteiger partial charge in [0, 0.05) is 11.4 Å². The number of benzene rings is 2. The van der Waals surface area contributed by atoms with Gasteiger partial charge < -0.3 is 15.2 Å². The number of rotatable bonds is 2. The molecule has 1 heterocycles. The van der Waals surface area contributed by atoms with Crippen molar-refractivity contribution in [2.75, 3.05) is 13.2 Å². The van der Waals surface area contributed by atoms with Crippen LogP contribution in [0.25, 0.3) is 0 Å². The molecule has 0 aliphatic carbocycles. The van der Waals surface area contributed by atoms with Crippen molar-refractivity contribution in [2.45, 2.75) is 19.4 Å². The lowest BCUT2D eigenvalue weighted by Crippen LogP contribution is -2.13. The minimum Gasteiger partial charge on any atom is -0.490 e. The van der Waals surface area contributed by atoms with Crippen LogP contribution in [-0.4, -0.2) is 13.2 Å². The molecule has 2 aromatic carbocycles. The van der Waals surface area contributed by atoms with E-state index in [1.807, 2.05) is 43.3 Å². The molecule has 1 unspecified atom stereocenters. The summed E-state index contributed by atoms with van der Waals surface area (Å²) in [5.74, 6) is 1.55. The molecule has 0 amide bonds. The van der Waals surface area contributed by atoms with Crippen molar-refractivity contribution in [3.05, 3.63) is 58.1 Å². The molecule has 0 fully saturated rings. The van der Waals surface area contributed by atoms with Gasteiger partial charge in [0.05, 0.1) is 19.3 Å². The summed E-state index contributed by atoms with van der Waals surface area (Å²) in [5.41, 5.74) is 9.54. The predicted octanol–water partition coefficient (Wildman–Crippen LogP) is 3.86. The maximum Gasteiger partial charge on any atom is 0.161 e. The lowest BCUT2D eigenvalue weighted by atomic mass is 9.95. The predicted molar refractivity (Wildman–Crippen MR) is 84.3 cm³/mol. The summed E-state index contributed by atoms with van der Waals surface area (Å²) in [6.45, 7) is 3.39. The SMILES string of the molecule is Cc1ccc(Cl)cc1C(N)c1ccc2c(c1)OCCCO2. The maximum absolute atomic E-state index is 6.40. The molecule has 2 N–H and O–H groups in total. The average molecular weight is 304 g/mol. The third kappa shape index (κ3) is 2.99. The molecule has 3 nitrogen and oxygen atoms in total. The highest BCUT2D eigenvalue weighted by atomic mass is 35.5. The molecular weight excluding hydrogens is 286 g/mol. The molecule has 4 heteroatoms. The number of hydrogen-bond acceptors (Lipinski definition) is 3. The molecule has 1 atom stereocenters. The zero-order valence-electron chi connectivity index (χ0n) is 11.9. The first-order valence-corrected chi connectivity index (χ1v) is 7.44. The summed E-state index contributed by atoms with van der Waals surface area (Å²) >= 11 is 6.09. The number of hydrogen-bond donors (Lipinski definition) is 1. The molecule has 1 aliphatic heterocycles. The first-order chi connectivity index (χ1) is 10.1. The van der Waals surface area contributed by atoms with E-state index in [1.54, 1.807) is 0 Å². The van der Waals surface area contributed by atoms with Crippen molar-refractivity contribution in [1.29, 1.82) is 0 Å². The first-order valence-electron chi connectivity index (χ1n) is 7.06. The summed E-state index contributed by atoms with van der Waals surface area (Å²) in [6.07, 6.45) is 0.892. The van der Waals surface area contributed by atoms with E-state index in [9.17, 15) is 0 Å². The molecule has 2 aromatic rings. The molecule has 0 saturated heterocycles. The van der Waals surface area contributed by atoms with Crippen molar-refractivity contribution in [2.24, 2.45) is 5.73 Å². The molecule has 3 rings (SSSR count). The number of nitrogens with two attached hydrogens (primary N) is 1. The normalized spacial score (nSPS) is 15.4. The first kappa shape index (κ1) is 14.2. The van der Waals surface area contributed by atoms with E-state index in [2.05, 4.69) is 0 Å². The Kier molecular flexibility index (Phi) is 4.04. The smallest absolute Gasteiger partial charge is 0.161 e. The summed E-state index contributed by atoms with van der Waals surface area (Å²) in [4.78, 5) is 0. The van der Waals surface area contributed by atoms with Crippen LogP contribution in [0.5, 0.6) is 11.5 Å². The summed E-state index contributed by atoms with van der Waals surface area (Å²) in [5, 5.41) is 0.695. The van der Waals surface area contributed by atoms with Gasteiger partial charge in [-0.15, -0.1) is 0 Å². The van der Waals surface area contributed by atoms with Gasteiger partial charge in [-0.05, 0) is 47.9 Å². The van der Waals surface area contributed by atoms with E-state index < -0.39 is 0 Å². The lowest BCUT2D eigenvalue weighted by molar-refractivity contribution is 0.297. The molecule has 0 bridgehead atoms. The quantitative estimate of drug-likeness (QED) is 0.916. The fourth-order valence-corrected chi connectivity index (χ4v) is 2.68. The Labute approximate surface area is 129 Å². The number of halogens is 1. The second kappa shape index (κ2) is 5.96. The fourth-order valence-electron chi connectivity index (χ4n) is 2.50. The van der Waals surface area contributed by atoms with E-state index >= 15 is 0 Å². The van der Waals surface area contributed by atoms with Crippen molar-refractivity contribution >= 4 is 11.6 Å². The lowest BCUT2D eigenvalue weighted by Gasteiger charge is -2.17. The zero-order chi connectivity index (χ0) is 14.8. The van der Waals surface area contributed by atoms with Crippen LogP contribution in [0.2, 0.25) is 5.02 Å². The fraction of sp³-hybridized carbons (Fsp3) is 0.294. The third-order valence-corrected chi connectivity index (χ3v) is 3.94. The van der Waals surface area contributed by atoms with E-state index in [0.717, 1.165) is 34.6 Å². The molecule has 0 spiro atoms. The monoisotopic (exact) mass is 303 g/mol. The Hall–Kier alpha value is -1.71. The minimum atomic E-state index is -0.235. The van der Waals surface area contributed by atoms with E-state index in [0.29, 0.717) is 18.2 Å². The van der Waals surface area contributed by atoms with Crippen molar-refractivity contribution < 1.29 is 9.47 Å². The largest absolute Gasteiger partial charge is 0.490 e. The Morgan fingerprint density at radius 2 is 1.81 bits per heavy atom. The van der Waals surface area contributed by atoms with Crippen molar-refractivity contribution in [1.82, 2.24) is 0 Å². The number of aryl methyl sites for hydroxylation is 1. The molecule has 0 aromatic heterocycles. The van der Waals surface area contributed by atoms with Crippen LogP contribution in [-0.2, 0) is 0 Å². The third-order valence-electron chi connectivity index (χ3n) is 3.71. The molecule has 0 radical (unpaired) electrons. The zero-order valence-corrected chi connectivity index (χ0v) is 12.7. The summed E-state index contributed by atoms with van der Waals surface area (Å²) in [7, 11) is 0. The van der Waals surface area contributed by atoms with Gasteiger partial charge in [-0.25, -0.2) is 0 Å². The van der Waals surface area contributed by atoms with Gasteiger partial charge in [-0.3, -0.25) is 0 Å². The van der Waals surface area contributed by atoms with Crippen LogP contribution in [0.1, 0.15) is 29.2 Å². The minimum absolute atomic E-state index is 0.235. The van der Waals surface area contributed by atoms with Gasteiger partial charge in [-0.2, -0.15) is 0 Å². The standard InChI is InChI=1S/C17H18ClNO2/c1-11-3-5-13(18)10-14(11)17(19)12-4-6-15-16(9-12)21-8-2-7-20-15/h3-6,9-10,17H,2,7-8,19H2,1H3. The molecule has 21 heavy (non-hydrogen) atoms. The van der Waals surface area contributed by atoms with Gasteiger partial charge >= 0.3 is 0 Å². The van der Waals surface area contributed by atoms with Crippen LogP contribution in [0.15, 0.2) is 36.4 Å². The van der Waals surface area contributed by atoms with E-state index in [4.69, 9.17) is 26.8 Å². The Bertz CT molecular complexity index is 657. The van der Waals surface area contributed by atoms with E-state index in [1.165, 1.54) is 0 Å². The van der Waals surface area contributed by atoms with Gasteiger partial charge in [0.2, 0.25) is 0 Å². The van der Waals surface area contributed by atoms with Crippen LogP contribution in [0.4, 0.5) is 0 Å². The van der Waals surface area contributed by atoms with Gasteiger partial charge in [0.1, 0.15) is 0 Å². The Morgan fingerprint density at radius 1 is 1.05 bits per heavy atom. The highest BCUT2D eigenvalue weighted by Gasteiger charge is 2.16. The van der Waals surface area contributed by atoms with Gasteiger partial charge in [-0.1, -0.05) is 23.7 Å². The summed E-state index contributed by atoms with van der Waals surface area (Å²) < 4.78 is 11.4. The molecule has 0 saturated carbocycles. The highest BCUT2D eigenvalue weighted by molar-refractivity contribution is 6.30. The van der Waals surface area contributed by atoms with Gasteiger partial charge in [0.15, 0.2) is 11.5 Å². The van der Waals surface area contributed by atoms with Crippen LogP contribution in [0, 0.1) is 6.92 Å². The van der Waals surface area contributed by atoms with Crippen LogP contribution >= 0.6 is 11.6 Å². The summed E-state index contributed by atoms with van der Waals surface area (Å²) in [6, 6.07) is 11.4. The molecule has 1 aliphatic rings. The molecule has 110 valence electrons. The topological polar surface area (TPSA) is 44.5 Å². The second-order valence-corrected chi connectivity index (χ2v) is 5.67. The van der Waals surface area contributed by atoms with Crippen LogP contribution in [0.3, 0.4) is 0 Å². The highest BCUT2D eigenvalue weighted by Crippen LogP contribution is 2.34. The Morgan fingerprint density at radius 3 is 2.62 bits per heavy atom. The van der Waals surface area contributed by atoms with E-state index in [-0.39, 0.29) is 6.04 Å². The Balaban J connectivity index is 1.96. The average Bonchev–Trinajstić information content (AvgIpc) is 2.73. The second-order valence-electron chi connectivity index (χ2n) is 5.24. The van der Waals surface area contributed by atoms with Crippen molar-refractivity contribution in [3.8, 4) is 11.5 Å². The van der Waals surface area contributed by atoms with Crippen LogP contribution < -0.4 is 15.2 Å².